The van der Waals surface area contributed by atoms with Gasteiger partial charge in [-0.1, -0.05) is 12.8 Å². The topological polar surface area (TPSA) is 87.6 Å². The third-order valence-electron chi connectivity index (χ3n) is 4.53. The van der Waals surface area contributed by atoms with Crippen LogP contribution in [0, 0.1) is 0 Å². The van der Waals surface area contributed by atoms with E-state index in [2.05, 4.69) is 0 Å². The smallest absolute Gasteiger partial charge is 0.340 e. The largest absolute Gasteiger partial charge is 0.459 e. The van der Waals surface area contributed by atoms with Gasteiger partial charge in [0.2, 0.25) is 0 Å². The molecule has 114 valence electrons. The monoisotopic (exact) mass is 290 g/mol. The fraction of sp³-hybridized carbons (Fsp3) is 0.562. The van der Waals surface area contributed by atoms with Crippen molar-refractivity contribution >= 4 is 17.3 Å². The van der Waals surface area contributed by atoms with E-state index >= 15 is 0 Å². The van der Waals surface area contributed by atoms with Crippen LogP contribution in [0.5, 0.6) is 0 Å². The molecule has 0 amide bonds. The lowest BCUT2D eigenvalue weighted by atomic mass is 9.90. The average molecular weight is 290 g/mol. The Bertz CT molecular complexity index is 538. The molecule has 2 fully saturated rings. The van der Waals surface area contributed by atoms with E-state index < -0.39 is 0 Å². The van der Waals surface area contributed by atoms with Gasteiger partial charge < -0.3 is 20.9 Å². The molecule has 1 heterocycles. The Labute approximate surface area is 124 Å². The Kier molecular flexibility index (Phi) is 3.76. The second-order valence-corrected chi connectivity index (χ2v) is 6.11. The summed E-state index contributed by atoms with van der Waals surface area (Å²) in [6.45, 7) is 0.662. The Morgan fingerprint density at radius 1 is 1.29 bits per heavy atom. The van der Waals surface area contributed by atoms with Crippen molar-refractivity contribution in [3.63, 3.8) is 0 Å². The number of esters is 1. The second-order valence-electron chi connectivity index (χ2n) is 6.11. The lowest BCUT2D eigenvalue weighted by Gasteiger charge is -2.37. The summed E-state index contributed by atoms with van der Waals surface area (Å²) in [4.78, 5) is 12.3. The molecule has 1 saturated carbocycles. The van der Waals surface area contributed by atoms with Crippen molar-refractivity contribution in [3.05, 3.63) is 23.8 Å². The number of hydrogen-bond acceptors (Lipinski definition) is 5. The summed E-state index contributed by atoms with van der Waals surface area (Å²) in [5.41, 5.74) is 12.7. The molecule has 3 rings (SSSR count). The number of rotatable bonds is 2. The zero-order valence-electron chi connectivity index (χ0n) is 12.1. The summed E-state index contributed by atoms with van der Waals surface area (Å²) in [5.74, 6) is -0.368. The number of carbonyl (C=O) groups is 1. The van der Waals surface area contributed by atoms with Crippen LogP contribution in [0.4, 0.5) is 11.4 Å². The summed E-state index contributed by atoms with van der Waals surface area (Å²) in [5, 5.41) is 0. The van der Waals surface area contributed by atoms with E-state index in [0.29, 0.717) is 23.5 Å². The Hall–Kier alpha value is -1.75. The number of carbonyl (C=O) groups excluding carboxylic acids is 1. The van der Waals surface area contributed by atoms with Crippen molar-refractivity contribution < 1.29 is 14.3 Å². The van der Waals surface area contributed by atoms with Crippen LogP contribution in [0.25, 0.3) is 0 Å². The number of nitrogen functional groups attached to an aromatic ring is 2. The highest BCUT2D eigenvalue weighted by Gasteiger charge is 2.41. The minimum Gasteiger partial charge on any atom is -0.459 e. The first-order valence-electron chi connectivity index (χ1n) is 7.58. The molecule has 1 aromatic rings. The van der Waals surface area contributed by atoms with Gasteiger partial charge in [0.1, 0.15) is 6.10 Å². The fourth-order valence-electron chi connectivity index (χ4n) is 3.43. The minimum atomic E-state index is -0.368. The maximum atomic E-state index is 12.3. The van der Waals surface area contributed by atoms with Crippen molar-refractivity contribution in [1.82, 2.24) is 0 Å². The Balaban J connectivity index is 1.67. The maximum Gasteiger partial charge on any atom is 0.340 e. The highest BCUT2D eigenvalue weighted by atomic mass is 16.6. The van der Waals surface area contributed by atoms with Gasteiger partial charge in [-0.05, 0) is 31.0 Å². The third-order valence-corrected chi connectivity index (χ3v) is 4.53. The quantitative estimate of drug-likeness (QED) is 0.645. The number of nitrogens with two attached hydrogens (primary N) is 2. The molecule has 5 nitrogen and oxygen atoms in total. The van der Waals surface area contributed by atoms with Gasteiger partial charge in [-0.3, -0.25) is 0 Å². The molecule has 4 N–H and O–H groups in total. The number of ether oxygens (including phenoxy) is 2. The van der Waals surface area contributed by atoms with Crippen LogP contribution in [-0.4, -0.2) is 24.3 Å². The first-order chi connectivity index (χ1) is 10.1. The highest BCUT2D eigenvalue weighted by molar-refractivity contribution is 5.95. The second kappa shape index (κ2) is 5.56. The molecule has 1 aliphatic carbocycles. The van der Waals surface area contributed by atoms with Crippen LogP contribution in [0.1, 0.15) is 48.9 Å². The van der Waals surface area contributed by atoms with Crippen LogP contribution in [0.3, 0.4) is 0 Å². The van der Waals surface area contributed by atoms with Crippen LogP contribution >= 0.6 is 0 Å². The summed E-state index contributed by atoms with van der Waals surface area (Å²) in [6, 6.07) is 4.87. The van der Waals surface area contributed by atoms with Gasteiger partial charge in [0.15, 0.2) is 0 Å². The van der Waals surface area contributed by atoms with E-state index in [0.717, 1.165) is 25.7 Å². The summed E-state index contributed by atoms with van der Waals surface area (Å²) < 4.78 is 11.6. The Morgan fingerprint density at radius 2 is 2.05 bits per heavy atom. The van der Waals surface area contributed by atoms with Crippen LogP contribution in [-0.2, 0) is 9.47 Å². The highest BCUT2D eigenvalue weighted by Crippen LogP contribution is 2.40. The molecule has 1 saturated heterocycles. The van der Waals surface area contributed by atoms with E-state index in [1.165, 1.54) is 12.8 Å². The van der Waals surface area contributed by atoms with E-state index in [4.69, 9.17) is 20.9 Å². The lowest BCUT2D eigenvalue weighted by molar-refractivity contribution is -0.117. The SMILES string of the molecule is Nc1ccc(C(=O)OC2CCOC3(CCCC3)C2)c(N)c1. The van der Waals surface area contributed by atoms with Crippen molar-refractivity contribution in [2.75, 3.05) is 18.1 Å². The van der Waals surface area contributed by atoms with Crippen molar-refractivity contribution in [2.45, 2.75) is 50.2 Å². The van der Waals surface area contributed by atoms with E-state index in [-0.39, 0.29) is 17.7 Å². The van der Waals surface area contributed by atoms with E-state index in [9.17, 15) is 4.79 Å². The van der Waals surface area contributed by atoms with Gasteiger partial charge in [-0.2, -0.15) is 0 Å². The lowest BCUT2D eigenvalue weighted by Crippen LogP contribution is -2.41. The molecule has 1 spiro atoms. The molecule has 1 aromatic carbocycles. The zero-order chi connectivity index (χ0) is 14.9. The molecule has 0 radical (unpaired) electrons. The van der Waals surface area contributed by atoms with Crippen molar-refractivity contribution in [1.29, 1.82) is 0 Å². The molecular weight excluding hydrogens is 268 g/mol. The van der Waals surface area contributed by atoms with Crippen molar-refractivity contribution in [2.24, 2.45) is 0 Å². The van der Waals surface area contributed by atoms with Gasteiger partial charge in [0.05, 0.1) is 17.8 Å². The number of hydrogen-bond donors (Lipinski definition) is 2. The molecule has 1 aliphatic heterocycles. The number of benzene rings is 1. The van der Waals surface area contributed by atoms with Gasteiger partial charge >= 0.3 is 5.97 Å². The molecule has 1 atom stereocenters. The first kappa shape index (κ1) is 14.2. The average Bonchev–Trinajstić information content (AvgIpc) is 2.86. The molecule has 0 aromatic heterocycles. The van der Waals surface area contributed by atoms with Gasteiger partial charge in [-0.15, -0.1) is 0 Å². The summed E-state index contributed by atoms with van der Waals surface area (Å²) in [7, 11) is 0. The number of anilines is 2. The maximum absolute atomic E-state index is 12.3. The van der Waals surface area contributed by atoms with Crippen LogP contribution in [0.2, 0.25) is 0 Å². The summed E-state index contributed by atoms with van der Waals surface area (Å²) >= 11 is 0. The van der Waals surface area contributed by atoms with Gasteiger partial charge in [0.25, 0.3) is 0 Å². The molecule has 0 bridgehead atoms. The van der Waals surface area contributed by atoms with Gasteiger partial charge in [-0.25, -0.2) is 4.79 Å². The molecule has 2 aliphatic rings. The van der Waals surface area contributed by atoms with E-state index in [1.54, 1.807) is 18.2 Å². The Morgan fingerprint density at radius 3 is 2.76 bits per heavy atom. The molecule has 1 unspecified atom stereocenters. The van der Waals surface area contributed by atoms with Crippen LogP contribution in [0.15, 0.2) is 18.2 Å². The predicted octanol–water partition coefficient (Wildman–Crippen LogP) is 2.50. The standard InChI is InChI=1S/C16H22N2O3/c17-11-3-4-13(14(18)9-11)15(19)21-12-5-8-20-16(10-12)6-1-2-7-16/h3-4,9,12H,1-2,5-8,10,17-18H2. The molecule has 21 heavy (non-hydrogen) atoms. The van der Waals surface area contributed by atoms with Crippen molar-refractivity contribution in [3.8, 4) is 0 Å². The van der Waals surface area contributed by atoms with Gasteiger partial charge in [0, 0.05) is 24.2 Å². The first-order valence-corrected chi connectivity index (χ1v) is 7.58. The minimum absolute atomic E-state index is 0.0597. The van der Waals surface area contributed by atoms with E-state index in [1.807, 2.05) is 0 Å². The zero-order valence-corrected chi connectivity index (χ0v) is 12.1. The normalized spacial score (nSPS) is 24.1. The van der Waals surface area contributed by atoms with Crippen LogP contribution < -0.4 is 11.5 Å². The summed E-state index contributed by atoms with van der Waals surface area (Å²) in [6.07, 6.45) is 6.02. The molecular formula is C16H22N2O3. The molecule has 5 heteroatoms. The third kappa shape index (κ3) is 2.97. The predicted molar refractivity (Wildman–Crippen MR) is 80.9 cm³/mol. The fourth-order valence-corrected chi connectivity index (χ4v) is 3.43.